The molecule has 16 heteroatoms. The van der Waals surface area contributed by atoms with E-state index in [0.29, 0.717) is 50.1 Å². The lowest BCUT2D eigenvalue weighted by Gasteiger charge is -2.42. The zero-order chi connectivity index (χ0) is 29.5. The highest BCUT2D eigenvalue weighted by Gasteiger charge is 2.42. The molecule has 220 valence electrons. The average Bonchev–Trinajstić information content (AvgIpc) is 3.43. The van der Waals surface area contributed by atoms with Crippen molar-refractivity contribution in [2.24, 2.45) is 0 Å². The number of amides is 2. The molecule has 3 heterocycles. The Balaban J connectivity index is 1.11. The molecule has 2 aliphatic heterocycles. The first-order valence-corrected chi connectivity index (χ1v) is 12.6. The van der Waals surface area contributed by atoms with Crippen LogP contribution in [0.3, 0.4) is 0 Å². The number of aromatic amines is 1. The van der Waals surface area contributed by atoms with Gasteiger partial charge >= 0.3 is 12.3 Å². The van der Waals surface area contributed by atoms with Gasteiger partial charge in [0, 0.05) is 50.9 Å². The summed E-state index contributed by atoms with van der Waals surface area (Å²) in [6, 6.07) is 5.22. The Labute approximate surface area is 227 Å². The van der Waals surface area contributed by atoms with Crippen molar-refractivity contribution in [1.29, 1.82) is 0 Å². The fraction of sp³-hybridized carbons (Fsp3) is 0.440. The number of piperazine rings is 1. The lowest BCUT2D eigenvalue weighted by Crippen LogP contribution is -2.54. The molecular formula is C25H23F7N6O3. The van der Waals surface area contributed by atoms with Crippen LogP contribution in [0.4, 0.5) is 35.5 Å². The van der Waals surface area contributed by atoms with E-state index in [1.165, 1.54) is 4.90 Å². The summed E-state index contributed by atoms with van der Waals surface area (Å²) in [5, 5.41) is 10.4. The summed E-state index contributed by atoms with van der Waals surface area (Å²) < 4.78 is 98.8. The number of hydrogen-bond donors (Lipinski definition) is 1. The van der Waals surface area contributed by atoms with Crippen molar-refractivity contribution in [2.75, 3.05) is 39.3 Å². The third-order valence-corrected chi connectivity index (χ3v) is 7.39. The second-order valence-electron chi connectivity index (χ2n) is 9.75. The molecule has 9 nitrogen and oxygen atoms in total. The second-order valence-corrected chi connectivity index (χ2v) is 9.75. The predicted octanol–water partition coefficient (Wildman–Crippen LogP) is 4.09. The molecule has 0 radical (unpaired) electrons. The molecule has 5 rings (SSSR count). The van der Waals surface area contributed by atoms with Crippen molar-refractivity contribution in [3.63, 3.8) is 0 Å². The summed E-state index contributed by atoms with van der Waals surface area (Å²) in [6.45, 7) is 1.34. The van der Waals surface area contributed by atoms with Crippen LogP contribution in [0.2, 0.25) is 0 Å². The van der Waals surface area contributed by atoms with Gasteiger partial charge < -0.3 is 14.5 Å². The number of fused-ring (bicyclic) bond motifs is 1. The van der Waals surface area contributed by atoms with Gasteiger partial charge in [0.1, 0.15) is 17.7 Å². The van der Waals surface area contributed by atoms with Crippen molar-refractivity contribution < 1.29 is 45.1 Å². The fourth-order valence-corrected chi connectivity index (χ4v) is 5.14. The van der Waals surface area contributed by atoms with Crippen molar-refractivity contribution in [1.82, 2.24) is 30.1 Å². The molecule has 2 fully saturated rings. The van der Waals surface area contributed by atoms with Crippen LogP contribution in [-0.2, 0) is 17.5 Å². The number of piperidine rings is 1. The first-order valence-electron chi connectivity index (χ1n) is 12.6. The number of aromatic nitrogens is 3. The van der Waals surface area contributed by atoms with Crippen molar-refractivity contribution in [2.45, 2.75) is 31.7 Å². The van der Waals surface area contributed by atoms with Crippen LogP contribution >= 0.6 is 0 Å². The topological polar surface area (TPSA) is 94.7 Å². The Morgan fingerprint density at radius 3 is 2.15 bits per heavy atom. The van der Waals surface area contributed by atoms with Gasteiger partial charge in [-0.3, -0.25) is 14.8 Å². The van der Waals surface area contributed by atoms with Crippen molar-refractivity contribution in [3.8, 4) is 0 Å². The molecule has 0 atom stereocenters. The van der Waals surface area contributed by atoms with Crippen LogP contribution in [0, 0.1) is 23.3 Å². The Kier molecular flexibility index (Phi) is 7.76. The zero-order valence-corrected chi connectivity index (χ0v) is 21.3. The van der Waals surface area contributed by atoms with Gasteiger partial charge in [0.05, 0.1) is 11.1 Å². The lowest BCUT2D eigenvalue weighted by atomic mass is 10.0. The quantitative estimate of drug-likeness (QED) is 0.365. The van der Waals surface area contributed by atoms with Gasteiger partial charge in [0.2, 0.25) is 0 Å². The van der Waals surface area contributed by atoms with Crippen LogP contribution < -0.4 is 0 Å². The van der Waals surface area contributed by atoms with Gasteiger partial charge in [-0.15, -0.1) is 5.10 Å². The summed E-state index contributed by atoms with van der Waals surface area (Å²) in [5.41, 5.74) is -2.32. The first kappa shape index (κ1) is 28.6. The Bertz CT molecular complexity index is 1430. The van der Waals surface area contributed by atoms with Crippen molar-refractivity contribution >= 4 is 23.0 Å². The van der Waals surface area contributed by atoms with Gasteiger partial charge in [-0.2, -0.15) is 13.2 Å². The van der Waals surface area contributed by atoms with Crippen LogP contribution in [0.25, 0.3) is 11.0 Å². The largest absolute Gasteiger partial charge is 0.444 e. The minimum atomic E-state index is -5.66. The number of rotatable bonds is 4. The molecule has 0 spiro atoms. The maximum absolute atomic E-state index is 14.1. The molecule has 1 N–H and O–H groups in total. The molecule has 0 aliphatic carbocycles. The van der Waals surface area contributed by atoms with E-state index in [0.717, 1.165) is 5.52 Å². The van der Waals surface area contributed by atoms with Gasteiger partial charge in [-0.05, 0) is 31.0 Å². The molecule has 0 bridgehead atoms. The number of H-pyrrole nitrogens is 1. The standard InChI is InChI=1S/C25H23F7N6O3/c26-19-15(20(27)22(29)18(21(19)28)25(30,31)32)12-41-24(40)38-5-3-14(4-6-38)36-7-9-37(10-8-36)23(39)13-1-2-16-17(11-13)34-35-33-16/h1-2,11,14H,3-10,12H2,(H,33,34,35). The number of likely N-dealkylation sites (tertiary alicyclic amines) is 1. The van der Waals surface area contributed by atoms with Gasteiger partial charge in [-0.1, -0.05) is 5.21 Å². The van der Waals surface area contributed by atoms with Gasteiger partial charge in [-0.25, -0.2) is 22.4 Å². The lowest BCUT2D eigenvalue weighted by molar-refractivity contribution is -0.143. The fourth-order valence-electron chi connectivity index (χ4n) is 5.14. The van der Waals surface area contributed by atoms with Crippen LogP contribution in [0.1, 0.15) is 34.3 Å². The Hall–Kier alpha value is -3.95. The molecule has 0 unspecified atom stereocenters. The minimum absolute atomic E-state index is 0.0933. The summed E-state index contributed by atoms with van der Waals surface area (Å²) in [7, 11) is 0. The van der Waals surface area contributed by atoms with E-state index < -0.39 is 53.3 Å². The number of alkyl halides is 3. The van der Waals surface area contributed by atoms with E-state index in [-0.39, 0.29) is 25.0 Å². The van der Waals surface area contributed by atoms with Crippen molar-refractivity contribution in [3.05, 3.63) is 58.2 Å². The Morgan fingerprint density at radius 1 is 0.902 bits per heavy atom. The van der Waals surface area contributed by atoms with E-state index in [1.807, 2.05) is 0 Å². The van der Waals surface area contributed by atoms with Gasteiger partial charge in [0.15, 0.2) is 23.3 Å². The highest BCUT2D eigenvalue weighted by molar-refractivity contribution is 5.97. The normalized spacial score (nSPS) is 17.3. The maximum Gasteiger partial charge on any atom is 0.422 e. The highest BCUT2D eigenvalue weighted by atomic mass is 19.4. The highest BCUT2D eigenvalue weighted by Crippen LogP contribution is 2.37. The number of ether oxygens (including phenoxy) is 1. The Morgan fingerprint density at radius 2 is 1.54 bits per heavy atom. The molecule has 2 saturated heterocycles. The predicted molar refractivity (Wildman–Crippen MR) is 127 cm³/mol. The van der Waals surface area contributed by atoms with E-state index in [1.54, 1.807) is 23.1 Å². The number of halogens is 7. The maximum atomic E-state index is 14.1. The second kappa shape index (κ2) is 11.1. The van der Waals surface area contributed by atoms with E-state index in [4.69, 9.17) is 4.74 Å². The SMILES string of the molecule is O=C(OCc1c(F)c(F)c(C(F)(F)F)c(F)c1F)N1CCC(N2CCN(C(=O)c3ccc4[nH]nnc4c3)CC2)CC1. The van der Waals surface area contributed by atoms with Crippen LogP contribution in [0.5, 0.6) is 0 Å². The molecule has 0 saturated carbocycles. The van der Waals surface area contributed by atoms with Crippen LogP contribution in [0.15, 0.2) is 18.2 Å². The minimum Gasteiger partial charge on any atom is -0.444 e. The molecule has 3 aromatic rings. The summed E-state index contributed by atoms with van der Waals surface area (Å²) in [6.07, 6.45) is -5.64. The van der Waals surface area contributed by atoms with E-state index in [9.17, 15) is 40.3 Å². The average molecular weight is 588 g/mol. The summed E-state index contributed by atoms with van der Waals surface area (Å²) in [5.74, 6) is -9.90. The molecule has 2 amide bonds. The first-order chi connectivity index (χ1) is 19.5. The van der Waals surface area contributed by atoms with Gasteiger partial charge in [0.25, 0.3) is 5.91 Å². The number of nitrogens with one attached hydrogen (secondary N) is 1. The smallest absolute Gasteiger partial charge is 0.422 e. The monoisotopic (exact) mass is 588 g/mol. The summed E-state index contributed by atoms with van der Waals surface area (Å²) >= 11 is 0. The third-order valence-electron chi connectivity index (χ3n) is 7.39. The number of carbonyl (C=O) groups is 2. The molecule has 2 aromatic carbocycles. The van der Waals surface area contributed by atoms with Crippen LogP contribution in [-0.4, -0.2) is 87.4 Å². The number of benzene rings is 2. The summed E-state index contributed by atoms with van der Waals surface area (Å²) in [4.78, 5) is 30.5. The molecule has 41 heavy (non-hydrogen) atoms. The molecule has 1 aromatic heterocycles. The third kappa shape index (κ3) is 5.64. The number of carbonyl (C=O) groups excluding carboxylic acids is 2. The molecule has 2 aliphatic rings. The van der Waals surface area contributed by atoms with E-state index >= 15 is 0 Å². The van der Waals surface area contributed by atoms with E-state index in [2.05, 4.69) is 20.3 Å². The number of nitrogens with zero attached hydrogens (tertiary/aromatic N) is 5. The molecular weight excluding hydrogens is 565 g/mol. The number of hydrogen-bond acceptors (Lipinski definition) is 6. The zero-order valence-electron chi connectivity index (χ0n) is 21.3.